The average molecular weight is 300 g/mol. The highest BCUT2D eigenvalue weighted by atomic mass is 32.2. The molecular weight excluding hydrogens is 279 g/mol. The third-order valence-corrected chi connectivity index (χ3v) is 5.75. The van der Waals surface area contributed by atoms with E-state index in [0.717, 1.165) is 18.4 Å². The predicted octanol–water partition coefficient (Wildman–Crippen LogP) is 1.88. The highest BCUT2D eigenvalue weighted by Gasteiger charge is 2.33. The molecule has 0 radical (unpaired) electrons. The maximum absolute atomic E-state index is 13.8. The third kappa shape index (κ3) is 3.02. The first-order valence-corrected chi connectivity index (χ1v) is 8.28. The Kier molecular flexibility index (Phi) is 4.46. The molecule has 20 heavy (non-hydrogen) atoms. The number of benzene rings is 1. The fourth-order valence-electron chi connectivity index (χ4n) is 2.57. The topological polar surface area (TPSA) is 63.4 Å². The van der Waals surface area contributed by atoms with E-state index in [0.29, 0.717) is 13.1 Å². The molecule has 1 heterocycles. The van der Waals surface area contributed by atoms with E-state index in [1.165, 1.54) is 16.4 Å². The van der Waals surface area contributed by atoms with Crippen LogP contribution >= 0.6 is 0 Å². The summed E-state index contributed by atoms with van der Waals surface area (Å²) in [5.74, 6) is -0.565. The first-order chi connectivity index (χ1) is 9.32. The van der Waals surface area contributed by atoms with Crippen molar-refractivity contribution in [2.45, 2.75) is 37.6 Å². The highest BCUT2D eigenvalue weighted by Crippen LogP contribution is 2.26. The Morgan fingerprint density at radius 3 is 2.80 bits per heavy atom. The molecule has 4 nitrogen and oxygen atoms in total. The van der Waals surface area contributed by atoms with Gasteiger partial charge >= 0.3 is 0 Å². The summed E-state index contributed by atoms with van der Waals surface area (Å²) in [5, 5.41) is 0. The van der Waals surface area contributed by atoms with E-state index >= 15 is 0 Å². The van der Waals surface area contributed by atoms with Gasteiger partial charge in [0.05, 0.1) is 0 Å². The normalized spacial score (nSPS) is 22.7. The number of nitrogens with two attached hydrogens (primary N) is 1. The van der Waals surface area contributed by atoms with Crippen molar-refractivity contribution in [3.05, 3.63) is 29.6 Å². The molecule has 112 valence electrons. The number of sulfonamides is 1. The maximum Gasteiger partial charge on any atom is 0.246 e. The van der Waals surface area contributed by atoms with Gasteiger partial charge in [0, 0.05) is 19.1 Å². The lowest BCUT2D eigenvalue weighted by atomic mass is 9.93. The van der Waals surface area contributed by atoms with Crippen LogP contribution in [0.3, 0.4) is 0 Å². The number of aryl methyl sites for hydroxylation is 1. The molecular formula is C14H21FN2O2S. The van der Waals surface area contributed by atoms with Gasteiger partial charge in [-0.2, -0.15) is 4.31 Å². The van der Waals surface area contributed by atoms with E-state index < -0.39 is 15.8 Å². The summed E-state index contributed by atoms with van der Waals surface area (Å²) in [7, 11) is -3.78. The molecule has 2 atom stereocenters. The van der Waals surface area contributed by atoms with Crippen LogP contribution in [-0.2, 0) is 10.0 Å². The Morgan fingerprint density at radius 2 is 2.15 bits per heavy atom. The van der Waals surface area contributed by atoms with Gasteiger partial charge in [0.1, 0.15) is 10.7 Å². The van der Waals surface area contributed by atoms with Crippen LogP contribution in [0.2, 0.25) is 0 Å². The summed E-state index contributed by atoms with van der Waals surface area (Å²) in [5.41, 5.74) is 6.60. The van der Waals surface area contributed by atoms with Gasteiger partial charge in [-0.3, -0.25) is 0 Å². The molecule has 0 aromatic heterocycles. The van der Waals surface area contributed by atoms with Crippen molar-refractivity contribution in [3.63, 3.8) is 0 Å². The number of piperidine rings is 1. The largest absolute Gasteiger partial charge is 0.328 e. The van der Waals surface area contributed by atoms with E-state index in [-0.39, 0.29) is 16.9 Å². The number of rotatable bonds is 3. The van der Waals surface area contributed by atoms with Crippen LogP contribution in [-0.4, -0.2) is 31.9 Å². The molecule has 1 aliphatic rings. The fourth-order valence-corrected chi connectivity index (χ4v) is 4.25. The van der Waals surface area contributed by atoms with Crippen LogP contribution in [0.5, 0.6) is 0 Å². The van der Waals surface area contributed by atoms with Gasteiger partial charge in [0.25, 0.3) is 0 Å². The lowest BCUT2D eigenvalue weighted by Crippen LogP contribution is -2.45. The van der Waals surface area contributed by atoms with Crippen LogP contribution in [0, 0.1) is 18.7 Å². The zero-order valence-corrected chi connectivity index (χ0v) is 12.7. The summed E-state index contributed by atoms with van der Waals surface area (Å²) in [4.78, 5) is -0.233. The second-order valence-electron chi connectivity index (χ2n) is 5.56. The van der Waals surface area contributed by atoms with Crippen molar-refractivity contribution >= 4 is 10.0 Å². The zero-order chi connectivity index (χ0) is 14.9. The molecule has 0 unspecified atom stereocenters. The molecule has 0 amide bonds. The lowest BCUT2D eigenvalue weighted by molar-refractivity contribution is 0.242. The Bertz CT molecular complexity index is 587. The van der Waals surface area contributed by atoms with Crippen molar-refractivity contribution in [1.82, 2.24) is 4.31 Å². The third-order valence-electron chi connectivity index (χ3n) is 3.87. The monoisotopic (exact) mass is 300 g/mol. The fraction of sp³-hybridized carbons (Fsp3) is 0.571. The van der Waals surface area contributed by atoms with Crippen molar-refractivity contribution < 1.29 is 12.8 Å². The van der Waals surface area contributed by atoms with Crippen molar-refractivity contribution in [3.8, 4) is 0 Å². The molecule has 0 saturated carbocycles. The highest BCUT2D eigenvalue weighted by molar-refractivity contribution is 7.89. The van der Waals surface area contributed by atoms with Crippen LogP contribution in [0.15, 0.2) is 23.1 Å². The maximum atomic E-state index is 13.8. The first kappa shape index (κ1) is 15.4. The van der Waals surface area contributed by atoms with Crippen molar-refractivity contribution in [2.75, 3.05) is 13.1 Å². The minimum atomic E-state index is -3.78. The molecule has 2 N–H and O–H groups in total. The summed E-state index contributed by atoms with van der Waals surface area (Å²) >= 11 is 0. The Balaban J connectivity index is 2.32. The molecule has 0 aliphatic carbocycles. The smallest absolute Gasteiger partial charge is 0.246 e. The number of nitrogens with zero attached hydrogens (tertiary/aromatic N) is 1. The number of halogens is 1. The summed E-state index contributed by atoms with van der Waals surface area (Å²) in [6.07, 6.45) is 1.68. The van der Waals surface area contributed by atoms with Crippen LogP contribution in [0.25, 0.3) is 0 Å². The van der Waals surface area contributed by atoms with E-state index in [9.17, 15) is 12.8 Å². The Hall–Kier alpha value is -0.980. The van der Waals surface area contributed by atoms with E-state index in [1.54, 1.807) is 13.0 Å². The molecule has 0 bridgehead atoms. The minimum absolute atomic E-state index is 0.0599. The summed E-state index contributed by atoms with van der Waals surface area (Å²) < 4.78 is 40.4. The van der Waals surface area contributed by atoms with Gasteiger partial charge < -0.3 is 5.73 Å². The van der Waals surface area contributed by atoms with E-state index in [1.807, 2.05) is 6.92 Å². The SMILES string of the molecule is Cc1ccc(F)c(S(=O)(=O)N2CCC[C@H]([C@@H](C)N)C2)c1. The molecule has 1 aliphatic heterocycles. The summed E-state index contributed by atoms with van der Waals surface area (Å²) in [6.45, 7) is 4.43. The first-order valence-electron chi connectivity index (χ1n) is 6.84. The molecule has 0 spiro atoms. The van der Waals surface area contributed by atoms with Gasteiger partial charge in [-0.1, -0.05) is 6.07 Å². The number of hydrogen-bond donors (Lipinski definition) is 1. The predicted molar refractivity (Wildman–Crippen MR) is 76.3 cm³/mol. The molecule has 1 saturated heterocycles. The summed E-state index contributed by atoms with van der Waals surface area (Å²) in [6, 6.07) is 4.10. The molecule has 1 aromatic carbocycles. The van der Waals surface area contributed by atoms with E-state index in [4.69, 9.17) is 5.73 Å². The van der Waals surface area contributed by atoms with Crippen molar-refractivity contribution in [1.29, 1.82) is 0 Å². The number of hydrogen-bond acceptors (Lipinski definition) is 3. The van der Waals surface area contributed by atoms with Gasteiger partial charge in [0.15, 0.2) is 0 Å². The lowest BCUT2D eigenvalue weighted by Gasteiger charge is -2.33. The Morgan fingerprint density at radius 1 is 1.45 bits per heavy atom. The second-order valence-corrected chi connectivity index (χ2v) is 7.46. The standard InChI is InChI=1S/C14H21FN2O2S/c1-10-5-6-13(15)14(8-10)20(18,19)17-7-3-4-12(9-17)11(2)16/h5-6,8,11-12H,3-4,7,9,16H2,1-2H3/t11-,12+/m1/s1. The van der Waals surface area contributed by atoms with Gasteiger partial charge in [-0.05, 0) is 50.3 Å². The Labute approximate surface area is 119 Å². The molecule has 2 rings (SSSR count). The minimum Gasteiger partial charge on any atom is -0.328 e. The molecule has 6 heteroatoms. The van der Waals surface area contributed by atoms with Gasteiger partial charge in [-0.15, -0.1) is 0 Å². The average Bonchev–Trinajstić information content (AvgIpc) is 2.41. The van der Waals surface area contributed by atoms with E-state index in [2.05, 4.69) is 0 Å². The van der Waals surface area contributed by atoms with Crippen molar-refractivity contribution in [2.24, 2.45) is 11.7 Å². The van der Waals surface area contributed by atoms with Gasteiger partial charge in [0.2, 0.25) is 10.0 Å². The quantitative estimate of drug-likeness (QED) is 0.927. The molecule has 1 fully saturated rings. The zero-order valence-electron chi connectivity index (χ0n) is 11.8. The second kappa shape index (κ2) is 5.79. The van der Waals surface area contributed by atoms with Crippen LogP contribution in [0.4, 0.5) is 4.39 Å². The molecule has 1 aromatic rings. The van der Waals surface area contributed by atoms with Crippen LogP contribution in [0.1, 0.15) is 25.3 Å². The van der Waals surface area contributed by atoms with Gasteiger partial charge in [-0.25, -0.2) is 12.8 Å². The van der Waals surface area contributed by atoms with Crippen LogP contribution < -0.4 is 5.73 Å².